The average Bonchev–Trinajstić information content (AvgIpc) is 2.60. The first-order chi connectivity index (χ1) is 12.0. The van der Waals surface area contributed by atoms with Crippen molar-refractivity contribution in [3.8, 4) is 5.75 Å². The van der Waals surface area contributed by atoms with E-state index in [0.29, 0.717) is 11.4 Å². The molecule has 25 heavy (non-hydrogen) atoms. The summed E-state index contributed by atoms with van der Waals surface area (Å²) in [7, 11) is 3.33. The molecule has 2 aromatic rings. The molecule has 0 aliphatic rings. The van der Waals surface area contributed by atoms with Crippen molar-refractivity contribution in [2.45, 2.75) is 12.5 Å². The first-order valence-corrected chi connectivity index (χ1v) is 7.99. The van der Waals surface area contributed by atoms with Gasteiger partial charge < -0.3 is 20.7 Å². The molecule has 0 saturated heterocycles. The SMILES string of the molecule is CN(C)C(=O)COc1cccc(NC(=O)CC(N)c2ccccc2)c1. The van der Waals surface area contributed by atoms with Gasteiger partial charge in [0.1, 0.15) is 5.75 Å². The Morgan fingerprint density at radius 1 is 1.12 bits per heavy atom. The highest BCUT2D eigenvalue weighted by molar-refractivity contribution is 5.91. The van der Waals surface area contributed by atoms with Gasteiger partial charge in [-0.15, -0.1) is 0 Å². The van der Waals surface area contributed by atoms with Crippen LogP contribution in [0.15, 0.2) is 54.6 Å². The molecule has 1 atom stereocenters. The number of anilines is 1. The molecular formula is C19H23N3O3. The normalized spacial score (nSPS) is 11.5. The molecule has 0 saturated carbocycles. The molecule has 0 aliphatic carbocycles. The Bertz CT molecular complexity index is 717. The number of nitrogens with two attached hydrogens (primary N) is 1. The Labute approximate surface area is 147 Å². The minimum Gasteiger partial charge on any atom is -0.484 e. The van der Waals surface area contributed by atoms with Crippen LogP contribution in [0.1, 0.15) is 18.0 Å². The van der Waals surface area contributed by atoms with E-state index in [2.05, 4.69) is 5.32 Å². The second kappa shape index (κ2) is 8.84. The van der Waals surface area contributed by atoms with Gasteiger partial charge in [-0.25, -0.2) is 0 Å². The van der Waals surface area contributed by atoms with Gasteiger partial charge in [0.05, 0.1) is 0 Å². The third-order valence-electron chi connectivity index (χ3n) is 3.61. The summed E-state index contributed by atoms with van der Waals surface area (Å²) < 4.78 is 5.43. The molecule has 132 valence electrons. The monoisotopic (exact) mass is 341 g/mol. The molecule has 0 radical (unpaired) electrons. The van der Waals surface area contributed by atoms with Crippen molar-refractivity contribution in [1.29, 1.82) is 0 Å². The van der Waals surface area contributed by atoms with Crippen LogP contribution in [0, 0.1) is 0 Å². The first-order valence-electron chi connectivity index (χ1n) is 7.99. The number of amides is 2. The smallest absolute Gasteiger partial charge is 0.259 e. The van der Waals surface area contributed by atoms with Crippen LogP contribution in [0.5, 0.6) is 5.75 Å². The standard InChI is InChI=1S/C19H23N3O3/c1-22(2)19(24)13-25-16-10-6-9-15(11-16)21-18(23)12-17(20)14-7-4-3-5-8-14/h3-11,17H,12-13,20H2,1-2H3,(H,21,23). The maximum Gasteiger partial charge on any atom is 0.259 e. The number of rotatable bonds is 7. The fraction of sp³-hybridized carbons (Fsp3) is 0.263. The van der Waals surface area contributed by atoms with E-state index in [-0.39, 0.29) is 30.9 Å². The number of hydrogen-bond donors (Lipinski definition) is 2. The minimum atomic E-state index is -0.363. The number of ether oxygens (including phenoxy) is 1. The number of benzene rings is 2. The van der Waals surface area contributed by atoms with Crippen molar-refractivity contribution in [3.05, 3.63) is 60.2 Å². The summed E-state index contributed by atoms with van der Waals surface area (Å²) in [6.45, 7) is -0.0523. The summed E-state index contributed by atoms with van der Waals surface area (Å²) in [5, 5.41) is 2.80. The summed E-state index contributed by atoms with van der Waals surface area (Å²) in [6.07, 6.45) is 0.175. The van der Waals surface area contributed by atoms with Crippen molar-refractivity contribution in [1.82, 2.24) is 4.90 Å². The number of likely N-dealkylation sites (N-methyl/N-ethyl adjacent to an activating group) is 1. The fourth-order valence-corrected chi connectivity index (χ4v) is 2.17. The van der Waals surface area contributed by atoms with Gasteiger partial charge in [0.25, 0.3) is 5.91 Å². The van der Waals surface area contributed by atoms with Crippen molar-refractivity contribution in [2.24, 2.45) is 5.73 Å². The zero-order chi connectivity index (χ0) is 18.2. The van der Waals surface area contributed by atoms with Gasteiger partial charge in [-0.2, -0.15) is 0 Å². The summed E-state index contributed by atoms with van der Waals surface area (Å²) in [6, 6.07) is 16.0. The minimum absolute atomic E-state index is 0.0523. The first kappa shape index (κ1) is 18.5. The van der Waals surface area contributed by atoms with Crippen LogP contribution in [-0.4, -0.2) is 37.4 Å². The molecule has 2 amide bonds. The summed E-state index contributed by atoms with van der Waals surface area (Å²) in [5.74, 6) is 0.196. The van der Waals surface area contributed by atoms with Crippen molar-refractivity contribution >= 4 is 17.5 Å². The zero-order valence-corrected chi connectivity index (χ0v) is 14.4. The van der Waals surface area contributed by atoms with Crippen LogP contribution >= 0.6 is 0 Å². The van der Waals surface area contributed by atoms with E-state index in [1.807, 2.05) is 30.3 Å². The van der Waals surface area contributed by atoms with Gasteiger partial charge in [0.15, 0.2) is 6.61 Å². The Morgan fingerprint density at radius 2 is 1.84 bits per heavy atom. The van der Waals surface area contributed by atoms with Gasteiger partial charge in [-0.05, 0) is 17.7 Å². The van der Waals surface area contributed by atoms with Crippen LogP contribution in [0.2, 0.25) is 0 Å². The lowest BCUT2D eigenvalue weighted by molar-refractivity contribution is -0.130. The summed E-state index contributed by atoms with van der Waals surface area (Å²) >= 11 is 0. The van der Waals surface area contributed by atoms with E-state index < -0.39 is 0 Å². The second-order valence-electron chi connectivity index (χ2n) is 5.87. The molecule has 0 heterocycles. The molecule has 0 aromatic heterocycles. The number of carbonyl (C=O) groups excluding carboxylic acids is 2. The quantitative estimate of drug-likeness (QED) is 0.808. The molecule has 1 unspecified atom stereocenters. The Hall–Kier alpha value is -2.86. The van der Waals surface area contributed by atoms with Gasteiger partial charge in [0.2, 0.25) is 5.91 Å². The molecule has 3 N–H and O–H groups in total. The largest absolute Gasteiger partial charge is 0.484 e. The molecule has 6 heteroatoms. The topological polar surface area (TPSA) is 84.7 Å². The number of hydrogen-bond acceptors (Lipinski definition) is 4. The summed E-state index contributed by atoms with van der Waals surface area (Å²) in [4.78, 5) is 25.2. The lowest BCUT2D eigenvalue weighted by atomic mass is 10.0. The maximum atomic E-state index is 12.2. The molecule has 2 rings (SSSR count). The van der Waals surface area contributed by atoms with E-state index in [1.165, 1.54) is 4.90 Å². The van der Waals surface area contributed by atoms with Crippen LogP contribution in [-0.2, 0) is 9.59 Å². The average molecular weight is 341 g/mol. The highest BCUT2D eigenvalue weighted by Crippen LogP contribution is 2.19. The lowest BCUT2D eigenvalue weighted by Crippen LogP contribution is -2.27. The second-order valence-corrected chi connectivity index (χ2v) is 5.87. The molecule has 0 fully saturated rings. The van der Waals surface area contributed by atoms with E-state index in [9.17, 15) is 9.59 Å². The van der Waals surface area contributed by atoms with Crippen molar-refractivity contribution in [3.63, 3.8) is 0 Å². The zero-order valence-electron chi connectivity index (χ0n) is 14.4. The molecule has 0 aliphatic heterocycles. The van der Waals surface area contributed by atoms with Crippen LogP contribution < -0.4 is 15.8 Å². The number of nitrogens with zero attached hydrogens (tertiary/aromatic N) is 1. The van der Waals surface area contributed by atoms with E-state index in [1.54, 1.807) is 38.4 Å². The molecule has 6 nitrogen and oxygen atoms in total. The van der Waals surface area contributed by atoms with Gasteiger partial charge >= 0.3 is 0 Å². The Morgan fingerprint density at radius 3 is 2.52 bits per heavy atom. The predicted octanol–water partition coefficient (Wildman–Crippen LogP) is 2.18. The van der Waals surface area contributed by atoms with Crippen molar-refractivity contribution in [2.75, 3.05) is 26.0 Å². The third kappa shape index (κ3) is 5.93. The highest BCUT2D eigenvalue weighted by atomic mass is 16.5. The molecule has 2 aromatic carbocycles. The molecule has 0 bridgehead atoms. The van der Waals surface area contributed by atoms with Gasteiger partial charge in [-0.3, -0.25) is 9.59 Å². The van der Waals surface area contributed by atoms with Gasteiger partial charge in [0, 0.05) is 38.3 Å². The van der Waals surface area contributed by atoms with Crippen LogP contribution in [0.4, 0.5) is 5.69 Å². The summed E-state index contributed by atoms with van der Waals surface area (Å²) in [5.41, 5.74) is 7.57. The number of nitrogens with one attached hydrogen (secondary N) is 1. The maximum absolute atomic E-state index is 12.2. The molecular weight excluding hydrogens is 318 g/mol. The van der Waals surface area contributed by atoms with E-state index >= 15 is 0 Å². The molecule has 0 spiro atoms. The Kier molecular flexibility index (Phi) is 6.54. The third-order valence-corrected chi connectivity index (χ3v) is 3.61. The van der Waals surface area contributed by atoms with Crippen LogP contribution in [0.25, 0.3) is 0 Å². The van der Waals surface area contributed by atoms with E-state index in [0.717, 1.165) is 5.56 Å². The lowest BCUT2D eigenvalue weighted by Gasteiger charge is -2.14. The number of carbonyl (C=O) groups is 2. The Balaban J connectivity index is 1.90. The predicted molar refractivity (Wildman–Crippen MR) is 97.2 cm³/mol. The van der Waals surface area contributed by atoms with E-state index in [4.69, 9.17) is 10.5 Å². The van der Waals surface area contributed by atoms with Crippen molar-refractivity contribution < 1.29 is 14.3 Å². The van der Waals surface area contributed by atoms with Gasteiger partial charge in [-0.1, -0.05) is 36.4 Å². The highest BCUT2D eigenvalue weighted by Gasteiger charge is 2.12. The fourth-order valence-electron chi connectivity index (χ4n) is 2.17. The van der Waals surface area contributed by atoms with Crippen LogP contribution in [0.3, 0.4) is 0 Å².